The fourth-order valence-electron chi connectivity index (χ4n) is 3.28. The summed E-state index contributed by atoms with van der Waals surface area (Å²) >= 11 is 0. The Labute approximate surface area is 143 Å². The molecule has 1 amide bonds. The number of hydrogen-bond donors (Lipinski definition) is 1. The largest absolute Gasteiger partial charge is 0.368 e. The lowest BCUT2D eigenvalue weighted by Gasteiger charge is -2.13. The van der Waals surface area contributed by atoms with E-state index in [-0.39, 0.29) is 11.6 Å². The molecule has 9 heteroatoms. The summed E-state index contributed by atoms with van der Waals surface area (Å²) in [6, 6.07) is 0.192. The van der Waals surface area contributed by atoms with E-state index in [0.29, 0.717) is 11.4 Å². The SMILES string of the molecule is CCC(C)n1c(C)c(C)n2c3c(=O)n(CC(N)=O)c(=O)n(C)c3nc12. The van der Waals surface area contributed by atoms with Crippen LogP contribution in [0.15, 0.2) is 9.59 Å². The molecule has 1 atom stereocenters. The van der Waals surface area contributed by atoms with Gasteiger partial charge in [-0.15, -0.1) is 0 Å². The predicted molar refractivity (Wildman–Crippen MR) is 93.9 cm³/mol. The first kappa shape index (κ1) is 17.0. The van der Waals surface area contributed by atoms with Crippen LogP contribution in [0.25, 0.3) is 16.9 Å². The van der Waals surface area contributed by atoms with Gasteiger partial charge in [0.15, 0.2) is 11.2 Å². The molecule has 0 fully saturated rings. The van der Waals surface area contributed by atoms with E-state index in [1.54, 1.807) is 4.40 Å². The van der Waals surface area contributed by atoms with Gasteiger partial charge in [0.1, 0.15) is 6.54 Å². The summed E-state index contributed by atoms with van der Waals surface area (Å²) in [5.74, 6) is -0.132. The summed E-state index contributed by atoms with van der Waals surface area (Å²) in [7, 11) is 1.53. The van der Waals surface area contributed by atoms with E-state index in [9.17, 15) is 14.4 Å². The number of aromatic nitrogens is 5. The van der Waals surface area contributed by atoms with Crippen molar-refractivity contribution in [3.05, 3.63) is 32.2 Å². The van der Waals surface area contributed by atoms with Gasteiger partial charge in [0.05, 0.1) is 0 Å². The fourth-order valence-corrected chi connectivity index (χ4v) is 3.28. The number of carbonyl (C=O) groups is 1. The molecule has 0 saturated heterocycles. The first-order valence-corrected chi connectivity index (χ1v) is 8.18. The molecule has 0 aromatic carbocycles. The Balaban J connectivity index is 2.55. The zero-order valence-corrected chi connectivity index (χ0v) is 15.0. The third-order valence-corrected chi connectivity index (χ3v) is 4.91. The average Bonchev–Trinajstić information content (AvgIpc) is 3.05. The van der Waals surface area contributed by atoms with E-state index < -0.39 is 23.7 Å². The minimum atomic E-state index is -0.746. The zero-order chi connectivity index (χ0) is 18.6. The number of carbonyl (C=O) groups excluding carboxylic acids is 1. The van der Waals surface area contributed by atoms with Crippen molar-refractivity contribution in [2.75, 3.05) is 0 Å². The van der Waals surface area contributed by atoms with Crippen molar-refractivity contribution in [1.82, 2.24) is 23.1 Å². The van der Waals surface area contributed by atoms with Gasteiger partial charge in [-0.25, -0.2) is 9.36 Å². The van der Waals surface area contributed by atoms with Crippen LogP contribution in [0.5, 0.6) is 0 Å². The van der Waals surface area contributed by atoms with Crippen molar-refractivity contribution >= 4 is 22.8 Å². The molecule has 0 spiro atoms. The number of amides is 1. The Hall–Kier alpha value is -2.84. The second-order valence-corrected chi connectivity index (χ2v) is 6.42. The van der Waals surface area contributed by atoms with Gasteiger partial charge in [-0.3, -0.25) is 18.6 Å². The van der Waals surface area contributed by atoms with Crippen LogP contribution in [0.4, 0.5) is 0 Å². The van der Waals surface area contributed by atoms with E-state index in [2.05, 4.69) is 23.4 Å². The van der Waals surface area contributed by atoms with E-state index in [1.165, 1.54) is 11.6 Å². The summed E-state index contributed by atoms with van der Waals surface area (Å²) in [6.07, 6.45) is 0.901. The Bertz CT molecular complexity index is 1130. The molecule has 3 heterocycles. The molecule has 0 aliphatic heterocycles. The lowest BCUT2D eigenvalue weighted by atomic mass is 10.2. The minimum Gasteiger partial charge on any atom is -0.368 e. The summed E-state index contributed by atoms with van der Waals surface area (Å²) in [5, 5.41) is 0. The Kier molecular flexibility index (Phi) is 3.81. The highest BCUT2D eigenvalue weighted by molar-refractivity contribution is 5.78. The number of fused-ring (bicyclic) bond motifs is 3. The summed E-state index contributed by atoms with van der Waals surface area (Å²) in [5.41, 5.74) is 6.47. The zero-order valence-electron chi connectivity index (χ0n) is 15.0. The van der Waals surface area contributed by atoms with Crippen molar-refractivity contribution < 1.29 is 4.79 Å². The molecule has 0 aliphatic carbocycles. The topological polar surface area (TPSA) is 109 Å². The molecule has 2 N–H and O–H groups in total. The maximum atomic E-state index is 12.9. The monoisotopic (exact) mass is 346 g/mol. The van der Waals surface area contributed by atoms with Crippen molar-refractivity contribution in [3.8, 4) is 0 Å². The van der Waals surface area contributed by atoms with Crippen LogP contribution in [-0.2, 0) is 18.4 Å². The normalized spacial score (nSPS) is 13.0. The number of imidazole rings is 2. The van der Waals surface area contributed by atoms with Gasteiger partial charge < -0.3 is 10.3 Å². The van der Waals surface area contributed by atoms with Gasteiger partial charge in [-0.1, -0.05) is 6.92 Å². The van der Waals surface area contributed by atoms with Crippen LogP contribution in [-0.4, -0.2) is 29.0 Å². The van der Waals surface area contributed by atoms with Crippen LogP contribution < -0.4 is 17.0 Å². The number of primary amides is 1. The molecule has 3 aromatic rings. The van der Waals surface area contributed by atoms with Crippen LogP contribution in [0.1, 0.15) is 37.7 Å². The molecule has 1 unspecified atom stereocenters. The van der Waals surface area contributed by atoms with Crippen LogP contribution in [0.3, 0.4) is 0 Å². The van der Waals surface area contributed by atoms with Crippen LogP contribution in [0, 0.1) is 13.8 Å². The Morgan fingerprint density at radius 3 is 2.44 bits per heavy atom. The van der Waals surface area contributed by atoms with Gasteiger partial charge >= 0.3 is 5.69 Å². The molecule has 0 saturated carbocycles. The summed E-state index contributed by atoms with van der Waals surface area (Å²) in [4.78, 5) is 41.2. The fraction of sp³-hybridized carbons (Fsp3) is 0.500. The first-order valence-electron chi connectivity index (χ1n) is 8.18. The molecule has 0 bridgehead atoms. The lowest BCUT2D eigenvalue weighted by Crippen LogP contribution is -2.42. The third-order valence-electron chi connectivity index (χ3n) is 4.91. The molecule has 25 heavy (non-hydrogen) atoms. The summed E-state index contributed by atoms with van der Waals surface area (Å²) < 4.78 is 5.96. The van der Waals surface area contributed by atoms with Crippen LogP contribution in [0.2, 0.25) is 0 Å². The number of aryl methyl sites for hydroxylation is 2. The number of nitrogens with two attached hydrogens (primary N) is 1. The first-order chi connectivity index (χ1) is 11.7. The lowest BCUT2D eigenvalue weighted by molar-refractivity contribution is -0.118. The molecule has 0 aliphatic rings. The molecule has 9 nitrogen and oxygen atoms in total. The molecule has 0 radical (unpaired) electrons. The van der Waals surface area contributed by atoms with E-state index in [4.69, 9.17) is 5.73 Å². The molecule has 134 valence electrons. The number of rotatable bonds is 4. The van der Waals surface area contributed by atoms with Crippen molar-refractivity contribution in [2.45, 2.75) is 46.7 Å². The molecular formula is C16H22N6O3. The highest BCUT2D eigenvalue weighted by Gasteiger charge is 2.24. The third kappa shape index (κ3) is 2.22. The van der Waals surface area contributed by atoms with Crippen molar-refractivity contribution in [1.29, 1.82) is 0 Å². The molecule has 3 rings (SSSR count). The number of nitrogens with zero attached hydrogens (tertiary/aromatic N) is 5. The smallest absolute Gasteiger partial charge is 0.332 e. The predicted octanol–water partition coefficient (Wildman–Crippen LogP) is 0.223. The second-order valence-electron chi connectivity index (χ2n) is 6.42. The summed E-state index contributed by atoms with van der Waals surface area (Å²) in [6.45, 7) is 7.58. The Morgan fingerprint density at radius 1 is 1.24 bits per heavy atom. The standard InChI is InChI=1S/C16H22N6O3/c1-6-8(2)21-9(3)10(4)22-12-13(18-15(21)22)19(5)16(25)20(14(12)24)7-11(17)23/h8H,6-7H2,1-5H3,(H2,17,23). The van der Waals surface area contributed by atoms with E-state index in [1.807, 2.05) is 13.8 Å². The van der Waals surface area contributed by atoms with E-state index in [0.717, 1.165) is 22.4 Å². The maximum Gasteiger partial charge on any atom is 0.332 e. The maximum absolute atomic E-state index is 12.9. The quantitative estimate of drug-likeness (QED) is 0.729. The van der Waals surface area contributed by atoms with Crippen LogP contribution >= 0.6 is 0 Å². The second kappa shape index (κ2) is 5.61. The number of hydrogen-bond acceptors (Lipinski definition) is 4. The molecule has 3 aromatic heterocycles. The van der Waals surface area contributed by atoms with Gasteiger partial charge in [-0.2, -0.15) is 4.98 Å². The highest BCUT2D eigenvalue weighted by atomic mass is 16.2. The van der Waals surface area contributed by atoms with Gasteiger partial charge in [0, 0.05) is 24.5 Å². The van der Waals surface area contributed by atoms with Gasteiger partial charge in [0.25, 0.3) is 5.56 Å². The minimum absolute atomic E-state index is 0.192. The average molecular weight is 346 g/mol. The van der Waals surface area contributed by atoms with Crippen molar-refractivity contribution in [2.24, 2.45) is 12.8 Å². The van der Waals surface area contributed by atoms with E-state index >= 15 is 0 Å². The highest BCUT2D eigenvalue weighted by Crippen LogP contribution is 2.25. The van der Waals surface area contributed by atoms with Crippen molar-refractivity contribution in [3.63, 3.8) is 0 Å². The van der Waals surface area contributed by atoms with Gasteiger partial charge in [0.2, 0.25) is 11.7 Å². The Morgan fingerprint density at radius 2 is 1.88 bits per heavy atom. The van der Waals surface area contributed by atoms with Gasteiger partial charge in [-0.05, 0) is 27.2 Å². The molecular weight excluding hydrogens is 324 g/mol.